The van der Waals surface area contributed by atoms with Crippen LogP contribution in [0, 0.1) is 11.6 Å². The van der Waals surface area contributed by atoms with Crippen molar-refractivity contribution >= 4 is 11.7 Å². The molecule has 156 valence electrons. The summed E-state index contributed by atoms with van der Waals surface area (Å²) in [6, 6.07) is 5.32. The van der Waals surface area contributed by atoms with Gasteiger partial charge in [0.2, 0.25) is 0 Å². The molecule has 0 fully saturated rings. The lowest BCUT2D eigenvalue weighted by Gasteiger charge is -2.16. The highest BCUT2D eigenvalue weighted by Crippen LogP contribution is 2.33. The molecule has 0 aromatic heterocycles. The number of ether oxygens (including phenoxy) is 2. The number of nitrogens with one attached hydrogen (secondary N) is 1. The highest BCUT2D eigenvalue weighted by atomic mass is 19.4. The van der Waals surface area contributed by atoms with Crippen LogP contribution in [0.15, 0.2) is 60.3 Å². The smallest absolute Gasteiger partial charge is 0.450 e. The zero-order valence-electron chi connectivity index (χ0n) is 14.9. The summed E-state index contributed by atoms with van der Waals surface area (Å²) in [5.74, 6) is -5.48. The van der Waals surface area contributed by atoms with Gasteiger partial charge in [0.1, 0.15) is 11.5 Å². The van der Waals surface area contributed by atoms with Gasteiger partial charge in [-0.25, -0.2) is 8.78 Å². The molecule has 0 radical (unpaired) electrons. The average Bonchev–Trinajstić information content (AvgIpc) is 2.64. The third-order valence-electron chi connectivity index (χ3n) is 3.75. The molecule has 0 aliphatic heterocycles. The number of carbonyl (C=O) groups excluding carboxylic acids is 2. The van der Waals surface area contributed by atoms with Crippen LogP contribution in [0.5, 0.6) is 17.2 Å². The van der Waals surface area contributed by atoms with Crippen molar-refractivity contribution in [3.63, 3.8) is 0 Å². The molecule has 2 aromatic rings. The minimum atomic E-state index is -5.03. The predicted molar refractivity (Wildman–Crippen MR) is 93.9 cm³/mol. The van der Waals surface area contributed by atoms with Crippen molar-refractivity contribution in [3.8, 4) is 17.2 Å². The molecule has 0 atom stereocenters. The van der Waals surface area contributed by atoms with Crippen LogP contribution >= 0.6 is 0 Å². The molecule has 1 aliphatic rings. The average molecular weight is 425 g/mol. The highest BCUT2D eigenvalue weighted by Gasteiger charge is 2.32. The number of amides is 1. The summed E-state index contributed by atoms with van der Waals surface area (Å²) in [7, 11) is 0. The van der Waals surface area contributed by atoms with E-state index in [2.05, 4.69) is 10.1 Å². The Morgan fingerprint density at radius 3 is 2.40 bits per heavy atom. The zero-order valence-corrected chi connectivity index (χ0v) is 14.9. The first kappa shape index (κ1) is 21.0. The Morgan fingerprint density at radius 2 is 1.77 bits per heavy atom. The second-order valence-electron chi connectivity index (χ2n) is 5.99. The molecule has 30 heavy (non-hydrogen) atoms. The van der Waals surface area contributed by atoms with E-state index in [0.29, 0.717) is 6.07 Å². The normalized spacial score (nSPS) is 13.6. The van der Waals surface area contributed by atoms with Gasteiger partial charge in [0, 0.05) is 18.2 Å². The lowest BCUT2D eigenvalue weighted by molar-refractivity contribution is -0.274. The Morgan fingerprint density at radius 1 is 1.07 bits per heavy atom. The number of para-hydroxylation sites is 1. The van der Waals surface area contributed by atoms with E-state index in [-0.39, 0.29) is 17.9 Å². The molecule has 0 saturated carbocycles. The molecular weight excluding hydrogens is 413 g/mol. The summed E-state index contributed by atoms with van der Waals surface area (Å²) in [5, 5.41) is 2.32. The van der Waals surface area contributed by atoms with E-state index in [1.54, 1.807) is 0 Å². The zero-order chi connectivity index (χ0) is 21.9. The summed E-state index contributed by atoms with van der Waals surface area (Å²) >= 11 is 0. The fourth-order valence-electron chi connectivity index (χ4n) is 2.52. The minimum absolute atomic E-state index is 0.0846. The molecule has 0 heterocycles. The first-order valence-corrected chi connectivity index (χ1v) is 8.36. The lowest BCUT2D eigenvalue weighted by atomic mass is 10.1. The van der Waals surface area contributed by atoms with E-state index < -0.39 is 46.7 Å². The maximum atomic E-state index is 13.9. The lowest BCUT2D eigenvalue weighted by Crippen LogP contribution is -2.24. The number of allylic oxidation sites excluding steroid dienone is 3. The van der Waals surface area contributed by atoms with E-state index in [1.165, 1.54) is 12.2 Å². The SMILES string of the molecule is O=C1C=C(NC(=O)c2cc(OC(F)(F)F)ccc2Oc2c(F)cccc2F)C=CC1. The Labute approximate surface area is 166 Å². The molecule has 1 aliphatic carbocycles. The van der Waals surface area contributed by atoms with Crippen LogP contribution in [0.4, 0.5) is 22.0 Å². The molecule has 5 nitrogen and oxygen atoms in total. The quantitative estimate of drug-likeness (QED) is 0.700. The molecule has 3 rings (SSSR count). The van der Waals surface area contributed by atoms with Crippen LogP contribution in [0.1, 0.15) is 16.8 Å². The maximum absolute atomic E-state index is 13.9. The van der Waals surface area contributed by atoms with Gasteiger partial charge in [-0.3, -0.25) is 9.59 Å². The number of ketones is 1. The molecule has 0 spiro atoms. The summed E-state index contributed by atoms with van der Waals surface area (Å²) < 4.78 is 74.3. The third kappa shape index (κ3) is 5.22. The molecule has 10 heteroatoms. The fraction of sp³-hybridized carbons (Fsp3) is 0.100. The van der Waals surface area contributed by atoms with Gasteiger partial charge in [0.25, 0.3) is 5.91 Å². The Kier molecular flexibility index (Phi) is 5.86. The standard InChI is InChI=1S/C20H12F5NO4/c21-15-5-2-6-16(22)18(15)29-17-8-7-13(30-20(23,24)25)10-14(17)19(28)26-11-3-1-4-12(27)9-11/h1-3,5-10H,4H2,(H,26,28). The summed E-state index contributed by atoms with van der Waals surface area (Å²) in [5.41, 5.74) is -0.423. The molecule has 1 N–H and O–H groups in total. The minimum Gasteiger partial charge on any atom is -0.450 e. The van der Waals surface area contributed by atoms with Crippen molar-refractivity contribution in [2.24, 2.45) is 0 Å². The fourth-order valence-corrected chi connectivity index (χ4v) is 2.52. The van der Waals surface area contributed by atoms with Crippen molar-refractivity contribution in [2.75, 3.05) is 0 Å². The molecule has 0 bridgehead atoms. The van der Waals surface area contributed by atoms with Gasteiger partial charge in [-0.1, -0.05) is 12.1 Å². The molecule has 0 unspecified atom stereocenters. The summed E-state index contributed by atoms with van der Waals surface area (Å²) in [4.78, 5) is 24.1. The summed E-state index contributed by atoms with van der Waals surface area (Å²) in [6.07, 6.45) is -0.866. The Hall–Kier alpha value is -3.69. The molecule has 2 aromatic carbocycles. The van der Waals surface area contributed by atoms with Crippen LogP contribution in [-0.4, -0.2) is 18.1 Å². The van der Waals surface area contributed by atoms with Crippen molar-refractivity contribution in [1.82, 2.24) is 5.32 Å². The second-order valence-corrected chi connectivity index (χ2v) is 5.99. The topological polar surface area (TPSA) is 64.6 Å². The third-order valence-corrected chi connectivity index (χ3v) is 3.75. The van der Waals surface area contributed by atoms with Crippen LogP contribution in [0.3, 0.4) is 0 Å². The number of hydrogen-bond donors (Lipinski definition) is 1. The molecule has 0 saturated heterocycles. The maximum Gasteiger partial charge on any atom is 0.573 e. The van der Waals surface area contributed by atoms with E-state index in [4.69, 9.17) is 4.74 Å². The number of carbonyl (C=O) groups is 2. The van der Waals surface area contributed by atoms with Crippen molar-refractivity contribution in [1.29, 1.82) is 0 Å². The van der Waals surface area contributed by atoms with Crippen LogP contribution in [-0.2, 0) is 4.79 Å². The van der Waals surface area contributed by atoms with E-state index in [0.717, 1.165) is 36.4 Å². The van der Waals surface area contributed by atoms with Gasteiger partial charge in [-0.15, -0.1) is 13.2 Å². The van der Waals surface area contributed by atoms with Gasteiger partial charge in [-0.05, 0) is 36.4 Å². The van der Waals surface area contributed by atoms with Crippen molar-refractivity contribution in [3.05, 3.63) is 77.5 Å². The first-order valence-electron chi connectivity index (χ1n) is 8.36. The van der Waals surface area contributed by atoms with Crippen LogP contribution in [0.25, 0.3) is 0 Å². The first-order chi connectivity index (χ1) is 14.1. The van der Waals surface area contributed by atoms with E-state index in [1.807, 2.05) is 0 Å². The van der Waals surface area contributed by atoms with Crippen LogP contribution in [0.2, 0.25) is 0 Å². The van der Waals surface area contributed by atoms with Gasteiger partial charge >= 0.3 is 6.36 Å². The monoisotopic (exact) mass is 425 g/mol. The van der Waals surface area contributed by atoms with E-state index >= 15 is 0 Å². The van der Waals surface area contributed by atoms with Crippen molar-refractivity contribution < 1.29 is 41.0 Å². The van der Waals surface area contributed by atoms with Gasteiger partial charge in [0.05, 0.1) is 5.56 Å². The number of alkyl halides is 3. The molecule has 1 amide bonds. The molecular formula is C20H12F5NO4. The number of hydrogen-bond acceptors (Lipinski definition) is 4. The number of benzene rings is 2. The van der Waals surface area contributed by atoms with Gasteiger partial charge in [0.15, 0.2) is 23.2 Å². The van der Waals surface area contributed by atoms with Crippen molar-refractivity contribution in [2.45, 2.75) is 12.8 Å². The largest absolute Gasteiger partial charge is 0.573 e. The second kappa shape index (κ2) is 8.36. The Balaban J connectivity index is 1.98. The number of rotatable bonds is 5. The summed E-state index contributed by atoms with van der Waals surface area (Å²) in [6.45, 7) is 0. The highest BCUT2D eigenvalue weighted by molar-refractivity contribution is 6.00. The van der Waals surface area contributed by atoms with Crippen LogP contribution < -0.4 is 14.8 Å². The van der Waals surface area contributed by atoms with E-state index in [9.17, 15) is 31.5 Å². The van der Waals surface area contributed by atoms with Gasteiger partial charge in [-0.2, -0.15) is 0 Å². The Bertz CT molecular complexity index is 1040. The predicted octanol–water partition coefficient (Wildman–Crippen LogP) is 4.80. The van der Waals surface area contributed by atoms with Gasteiger partial charge < -0.3 is 14.8 Å². The number of halogens is 5.